The Morgan fingerprint density at radius 1 is 1.57 bits per heavy atom. The first-order valence-electron chi connectivity index (χ1n) is 6.18. The van der Waals surface area contributed by atoms with E-state index in [1.807, 2.05) is 11.5 Å². The van der Waals surface area contributed by atoms with Gasteiger partial charge in [0, 0.05) is 36.6 Å². The second kappa shape index (κ2) is 6.36. The average molecular weight is 309 g/mol. The smallest absolute Gasteiger partial charge is 0.288 e. The minimum atomic E-state index is -0.617. The van der Waals surface area contributed by atoms with Crippen LogP contribution in [-0.4, -0.2) is 26.4 Å². The number of benzene rings is 1. The summed E-state index contributed by atoms with van der Waals surface area (Å²) in [5.74, 6) is -0.387. The Hall–Kier alpha value is -2.41. The van der Waals surface area contributed by atoms with Crippen molar-refractivity contribution in [3.05, 3.63) is 57.6 Å². The van der Waals surface area contributed by atoms with Gasteiger partial charge in [0.15, 0.2) is 0 Å². The number of carbonyl (C=O) groups excluding carboxylic acids is 1. The van der Waals surface area contributed by atoms with E-state index in [-0.39, 0.29) is 28.2 Å². The molecule has 0 spiro atoms. The molecule has 1 heterocycles. The van der Waals surface area contributed by atoms with Crippen LogP contribution in [0.3, 0.4) is 0 Å². The zero-order chi connectivity index (χ0) is 15.4. The molecule has 110 valence electrons. The second-order valence-corrected chi connectivity index (χ2v) is 4.96. The van der Waals surface area contributed by atoms with E-state index in [2.05, 4.69) is 10.3 Å². The zero-order valence-corrected chi connectivity index (χ0v) is 11.9. The molecule has 21 heavy (non-hydrogen) atoms. The van der Waals surface area contributed by atoms with Crippen molar-refractivity contribution in [2.45, 2.75) is 19.5 Å². The van der Waals surface area contributed by atoms with Crippen molar-refractivity contribution < 1.29 is 9.72 Å². The third-order valence-corrected chi connectivity index (χ3v) is 3.15. The fourth-order valence-electron chi connectivity index (χ4n) is 1.86. The molecule has 0 aliphatic rings. The number of hydrogen-bond donors (Lipinski definition) is 1. The summed E-state index contributed by atoms with van der Waals surface area (Å²) in [7, 11) is 0. The van der Waals surface area contributed by atoms with E-state index in [0.29, 0.717) is 6.54 Å². The molecular weight excluding hydrogens is 296 g/mol. The molecule has 1 aromatic carbocycles. The summed E-state index contributed by atoms with van der Waals surface area (Å²) in [6.45, 7) is 2.39. The van der Waals surface area contributed by atoms with Crippen LogP contribution in [0.15, 0.2) is 36.9 Å². The highest BCUT2D eigenvalue weighted by Crippen LogP contribution is 2.25. The van der Waals surface area contributed by atoms with Crippen LogP contribution in [0.4, 0.5) is 5.69 Å². The Labute approximate surface area is 125 Å². The molecule has 2 rings (SSSR count). The van der Waals surface area contributed by atoms with Crippen molar-refractivity contribution in [1.82, 2.24) is 14.9 Å². The predicted molar refractivity (Wildman–Crippen MR) is 77.3 cm³/mol. The molecule has 8 heteroatoms. The lowest BCUT2D eigenvalue weighted by molar-refractivity contribution is -0.384. The predicted octanol–water partition coefficient (Wildman–Crippen LogP) is 2.26. The number of nitro benzene ring substituents is 1. The van der Waals surface area contributed by atoms with Gasteiger partial charge in [0.25, 0.3) is 11.6 Å². The largest absolute Gasteiger partial charge is 0.348 e. The Balaban J connectivity index is 2.06. The number of amides is 1. The highest BCUT2D eigenvalue weighted by molar-refractivity contribution is 6.32. The molecule has 0 saturated carbocycles. The Morgan fingerprint density at radius 3 is 2.95 bits per heavy atom. The lowest BCUT2D eigenvalue weighted by atomic mass is 10.1. The number of halogens is 1. The number of imidazole rings is 1. The summed E-state index contributed by atoms with van der Waals surface area (Å²) in [5.41, 5.74) is -0.0878. The van der Waals surface area contributed by atoms with Crippen molar-refractivity contribution in [3.8, 4) is 0 Å². The Kier molecular flexibility index (Phi) is 4.54. The standard InChI is InChI=1S/C13H13ClN4O3/c1-9(7-17-5-4-15-8-17)16-13(19)10-2-3-11(14)12(6-10)18(20)21/h2-6,8-9H,7H2,1H3,(H,16,19). The van der Waals surface area contributed by atoms with E-state index in [1.165, 1.54) is 18.2 Å². The minimum absolute atomic E-state index is 0.00279. The lowest BCUT2D eigenvalue weighted by Crippen LogP contribution is -2.35. The number of aromatic nitrogens is 2. The first kappa shape index (κ1) is 15.0. The highest BCUT2D eigenvalue weighted by Gasteiger charge is 2.17. The number of hydrogen-bond acceptors (Lipinski definition) is 4. The van der Waals surface area contributed by atoms with E-state index in [9.17, 15) is 14.9 Å². The van der Waals surface area contributed by atoms with Gasteiger partial charge in [-0.1, -0.05) is 11.6 Å². The van der Waals surface area contributed by atoms with Crippen molar-refractivity contribution in [1.29, 1.82) is 0 Å². The van der Waals surface area contributed by atoms with Gasteiger partial charge >= 0.3 is 0 Å². The average Bonchev–Trinajstić information content (AvgIpc) is 2.91. The number of nitrogens with zero attached hydrogens (tertiary/aromatic N) is 3. The van der Waals surface area contributed by atoms with Gasteiger partial charge in [0.1, 0.15) is 5.02 Å². The van der Waals surface area contributed by atoms with Gasteiger partial charge in [0.2, 0.25) is 0 Å². The summed E-state index contributed by atoms with van der Waals surface area (Å²) in [6, 6.07) is 3.81. The molecule has 1 aromatic heterocycles. The van der Waals surface area contributed by atoms with Crippen molar-refractivity contribution in [2.75, 3.05) is 0 Å². The molecule has 1 N–H and O–H groups in total. The van der Waals surface area contributed by atoms with Crippen LogP contribution in [0, 0.1) is 10.1 Å². The molecule has 0 aliphatic carbocycles. The number of carbonyl (C=O) groups is 1. The fourth-order valence-corrected chi connectivity index (χ4v) is 2.04. The van der Waals surface area contributed by atoms with Gasteiger partial charge in [-0.2, -0.15) is 0 Å². The van der Waals surface area contributed by atoms with Gasteiger partial charge in [-0.25, -0.2) is 4.98 Å². The van der Waals surface area contributed by atoms with Gasteiger partial charge in [-0.15, -0.1) is 0 Å². The molecule has 0 radical (unpaired) electrons. The molecular formula is C13H13ClN4O3. The molecule has 0 bridgehead atoms. The van der Waals surface area contributed by atoms with E-state index < -0.39 is 4.92 Å². The minimum Gasteiger partial charge on any atom is -0.348 e. The SMILES string of the molecule is CC(Cn1ccnc1)NC(=O)c1ccc(Cl)c([N+](=O)[O-])c1. The van der Waals surface area contributed by atoms with Crippen molar-refractivity contribution in [3.63, 3.8) is 0 Å². The van der Waals surface area contributed by atoms with Crippen LogP contribution in [-0.2, 0) is 6.54 Å². The van der Waals surface area contributed by atoms with Crippen molar-refractivity contribution >= 4 is 23.2 Å². The maximum Gasteiger partial charge on any atom is 0.288 e. The van der Waals surface area contributed by atoms with E-state index >= 15 is 0 Å². The van der Waals surface area contributed by atoms with Crippen LogP contribution in [0.5, 0.6) is 0 Å². The molecule has 7 nitrogen and oxygen atoms in total. The van der Waals surface area contributed by atoms with E-state index in [1.54, 1.807) is 18.7 Å². The topological polar surface area (TPSA) is 90.1 Å². The van der Waals surface area contributed by atoms with E-state index in [4.69, 9.17) is 11.6 Å². The first-order chi connectivity index (χ1) is 9.97. The third-order valence-electron chi connectivity index (χ3n) is 2.83. The molecule has 1 atom stereocenters. The van der Waals surface area contributed by atoms with Crippen molar-refractivity contribution in [2.24, 2.45) is 0 Å². The van der Waals surface area contributed by atoms with E-state index in [0.717, 1.165) is 0 Å². The number of rotatable bonds is 5. The monoisotopic (exact) mass is 308 g/mol. The maximum absolute atomic E-state index is 12.1. The number of nitro groups is 1. The molecule has 0 saturated heterocycles. The Morgan fingerprint density at radius 2 is 2.33 bits per heavy atom. The summed E-state index contributed by atoms with van der Waals surface area (Å²) in [4.78, 5) is 26.2. The van der Waals surface area contributed by atoms with Gasteiger partial charge in [0.05, 0.1) is 11.3 Å². The number of nitrogens with one attached hydrogen (secondary N) is 1. The van der Waals surface area contributed by atoms with Crippen LogP contribution in [0.1, 0.15) is 17.3 Å². The molecule has 2 aromatic rings. The Bertz CT molecular complexity index is 657. The van der Waals surface area contributed by atoms with Crippen LogP contribution in [0.2, 0.25) is 5.02 Å². The van der Waals surface area contributed by atoms with Crippen LogP contribution in [0.25, 0.3) is 0 Å². The molecule has 0 aliphatic heterocycles. The normalized spacial score (nSPS) is 11.9. The van der Waals surface area contributed by atoms with Crippen LogP contribution >= 0.6 is 11.6 Å². The summed E-state index contributed by atoms with van der Waals surface area (Å²) in [5, 5.41) is 13.6. The first-order valence-corrected chi connectivity index (χ1v) is 6.55. The highest BCUT2D eigenvalue weighted by atomic mass is 35.5. The molecule has 1 unspecified atom stereocenters. The van der Waals surface area contributed by atoms with Gasteiger partial charge < -0.3 is 9.88 Å². The lowest BCUT2D eigenvalue weighted by Gasteiger charge is -2.14. The van der Waals surface area contributed by atoms with Crippen LogP contribution < -0.4 is 5.32 Å². The third kappa shape index (κ3) is 3.79. The summed E-state index contributed by atoms with van der Waals surface area (Å²) >= 11 is 5.71. The molecule has 1 amide bonds. The maximum atomic E-state index is 12.1. The quantitative estimate of drug-likeness (QED) is 0.677. The molecule has 0 fully saturated rings. The van der Waals surface area contributed by atoms with Gasteiger partial charge in [-0.05, 0) is 19.1 Å². The second-order valence-electron chi connectivity index (χ2n) is 4.56. The zero-order valence-electron chi connectivity index (χ0n) is 11.2. The summed E-state index contributed by atoms with van der Waals surface area (Å²) < 4.78 is 1.83. The summed E-state index contributed by atoms with van der Waals surface area (Å²) in [6.07, 6.45) is 5.09. The fraction of sp³-hybridized carbons (Fsp3) is 0.231. The van der Waals surface area contributed by atoms with Gasteiger partial charge in [-0.3, -0.25) is 14.9 Å².